The molecule has 0 saturated heterocycles. The zero-order chi connectivity index (χ0) is 10.9. The summed E-state index contributed by atoms with van der Waals surface area (Å²) >= 11 is 1.24. The van der Waals surface area contributed by atoms with Crippen molar-refractivity contribution in [2.45, 2.75) is 31.5 Å². The summed E-state index contributed by atoms with van der Waals surface area (Å²) in [7, 11) is 0. The number of H-pyrrole nitrogens is 1. The van der Waals surface area contributed by atoms with E-state index in [1.807, 2.05) is 0 Å². The van der Waals surface area contributed by atoms with Crippen LogP contribution >= 0.6 is 11.8 Å². The molecule has 5 nitrogen and oxygen atoms in total. The van der Waals surface area contributed by atoms with Gasteiger partial charge in [0, 0.05) is 5.54 Å². The zero-order valence-corrected chi connectivity index (χ0v) is 9.44. The van der Waals surface area contributed by atoms with Crippen LogP contribution in [0.2, 0.25) is 0 Å². The van der Waals surface area contributed by atoms with Crippen LogP contribution in [-0.4, -0.2) is 50.3 Å². The number of hydrogen-bond acceptors (Lipinski definition) is 4. The number of nitrogens with zero attached hydrogens (tertiary/aromatic N) is 2. The molecule has 0 radical (unpaired) electrons. The third-order valence-electron chi connectivity index (χ3n) is 1.67. The van der Waals surface area contributed by atoms with Gasteiger partial charge in [-0.1, -0.05) is 11.8 Å². The van der Waals surface area contributed by atoms with Gasteiger partial charge in [0.25, 0.3) is 0 Å². The fourth-order valence-electron chi connectivity index (χ4n) is 1.09. The van der Waals surface area contributed by atoms with Crippen molar-refractivity contribution in [2.24, 2.45) is 0 Å². The van der Waals surface area contributed by atoms with E-state index in [2.05, 4.69) is 9.97 Å². The molecule has 0 atom stereocenters. The van der Waals surface area contributed by atoms with Crippen molar-refractivity contribution in [3.05, 3.63) is 21.0 Å². The molecule has 80 valence electrons. The van der Waals surface area contributed by atoms with Crippen LogP contribution in [-0.2, 0) is 5.54 Å². The van der Waals surface area contributed by atoms with Crippen molar-refractivity contribution in [3.8, 4) is 0 Å². The number of hydrogen-bond donors (Lipinski definition) is 1. The van der Waals surface area contributed by atoms with Crippen molar-refractivity contribution >= 4 is 41.3 Å². The molecule has 1 rings (SSSR count). The Bertz CT molecular complexity index is 415. The number of nitrogens with one attached hydrogen (secondary N) is 1. The molecule has 15 heavy (non-hydrogen) atoms. The first-order valence-corrected chi connectivity index (χ1v) is 5.36. The predicted octanol–water partition coefficient (Wildman–Crippen LogP) is -0.240. The first-order valence-electron chi connectivity index (χ1n) is 4.14. The normalized spacial score (nSPS) is 10.9. The summed E-state index contributed by atoms with van der Waals surface area (Å²) in [5.74, 6) is 0. The topological polar surface area (TPSA) is 67.8 Å². The molecule has 1 N–H and O–H groups in total. The molecule has 0 aromatic carbocycles. The molecule has 0 bridgehead atoms. The maximum atomic E-state index is 11.5. The van der Waals surface area contributed by atoms with E-state index in [-0.39, 0.29) is 29.6 Å². The van der Waals surface area contributed by atoms with Crippen LogP contribution in [0.3, 0.4) is 0 Å². The third kappa shape index (κ3) is 3.48. The van der Waals surface area contributed by atoms with E-state index in [4.69, 9.17) is 0 Å². The van der Waals surface area contributed by atoms with E-state index in [0.29, 0.717) is 5.16 Å². The van der Waals surface area contributed by atoms with E-state index >= 15 is 0 Å². The fraction of sp³-hybridized carbons (Fsp3) is 0.625. The standard InChI is InChI=1S/C8H13N3O2S.Na.H/c1-8(2,3)11-6(12)9-5(14-4)10-7(11)13;;/h1-4H3,(H,9,10,12,13);;. The van der Waals surface area contributed by atoms with E-state index in [1.54, 1.807) is 27.0 Å². The van der Waals surface area contributed by atoms with Crippen molar-refractivity contribution in [1.82, 2.24) is 14.5 Å². The van der Waals surface area contributed by atoms with Gasteiger partial charge in [-0.25, -0.2) is 14.2 Å². The van der Waals surface area contributed by atoms with Gasteiger partial charge in [0.1, 0.15) is 0 Å². The van der Waals surface area contributed by atoms with Crippen LogP contribution in [0.1, 0.15) is 20.8 Å². The average molecular weight is 239 g/mol. The van der Waals surface area contributed by atoms with Crippen LogP contribution in [0.25, 0.3) is 0 Å². The number of aromatic nitrogens is 3. The molecule has 0 spiro atoms. The summed E-state index contributed by atoms with van der Waals surface area (Å²) in [4.78, 5) is 29.3. The first kappa shape index (κ1) is 15.0. The summed E-state index contributed by atoms with van der Waals surface area (Å²) < 4.78 is 1.10. The Hall–Kier alpha value is -0.0400. The number of rotatable bonds is 1. The van der Waals surface area contributed by atoms with Gasteiger partial charge in [-0.3, -0.25) is 4.98 Å². The SMILES string of the molecule is CSc1nc(=O)n(C(C)(C)C)c(=O)[nH]1.[NaH]. The first-order chi connectivity index (χ1) is 6.36. The van der Waals surface area contributed by atoms with Crippen molar-refractivity contribution in [1.29, 1.82) is 0 Å². The van der Waals surface area contributed by atoms with Crippen LogP contribution in [0.4, 0.5) is 0 Å². The summed E-state index contributed by atoms with van der Waals surface area (Å²) in [5, 5.41) is 0.348. The third-order valence-corrected chi connectivity index (χ3v) is 2.25. The van der Waals surface area contributed by atoms with Gasteiger partial charge in [0.15, 0.2) is 5.16 Å². The van der Waals surface area contributed by atoms with E-state index in [9.17, 15) is 9.59 Å². The molecule has 0 amide bonds. The minimum atomic E-state index is -0.547. The van der Waals surface area contributed by atoms with Crippen LogP contribution < -0.4 is 11.4 Å². The molecule has 1 heterocycles. The molecule has 0 unspecified atom stereocenters. The minimum absolute atomic E-state index is 0. The summed E-state index contributed by atoms with van der Waals surface area (Å²) in [6.45, 7) is 5.35. The maximum absolute atomic E-state index is 11.5. The van der Waals surface area contributed by atoms with Crippen LogP contribution in [0.5, 0.6) is 0 Å². The van der Waals surface area contributed by atoms with Crippen molar-refractivity contribution in [2.75, 3.05) is 6.26 Å². The van der Waals surface area contributed by atoms with E-state index in [0.717, 1.165) is 4.57 Å². The number of aromatic amines is 1. The summed E-state index contributed by atoms with van der Waals surface area (Å²) in [6.07, 6.45) is 1.75. The second kappa shape index (κ2) is 5.34. The second-order valence-electron chi connectivity index (χ2n) is 3.84. The van der Waals surface area contributed by atoms with Gasteiger partial charge in [-0.15, -0.1) is 0 Å². The molecular formula is C8H14N3NaO2S. The molecule has 0 aliphatic rings. The molecule has 1 aromatic heterocycles. The van der Waals surface area contributed by atoms with Crippen molar-refractivity contribution in [3.63, 3.8) is 0 Å². The predicted molar refractivity (Wildman–Crippen MR) is 63.0 cm³/mol. The van der Waals surface area contributed by atoms with Crippen LogP contribution in [0.15, 0.2) is 14.7 Å². The Morgan fingerprint density at radius 3 is 2.20 bits per heavy atom. The van der Waals surface area contributed by atoms with Gasteiger partial charge in [-0.05, 0) is 27.0 Å². The number of thioether (sulfide) groups is 1. The van der Waals surface area contributed by atoms with Gasteiger partial charge in [0.05, 0.1) is 0 Å². The summed E-state index contributed by atoms with van der Waals surface area (Å²) in [6, 6.07) is 0. The fourth-order valence-corrected chi connectivity index (χ4v) is 1.45. The monoisotopic (exact) mass is 239 g/mol. The van der Waals surface area contributed by atoms with Crippen LogP contribution in [0, 0.1) is 0 Å². The second-order valence-corrected chi connectivity index (χ2v) is 4.63. The molecular weight excluding hydrogens is 225 g/mol. The van der Waals surface area contributed by atoms with E-state index < -0.39 is 16.9 Å². The van der Waals surface area contributed by atoms with Gasteiger partial charge < -0.3 is 0 Å². The molecule has 0 aliphatic heterocycles. The Kier molecular flexibility index (Phi) is 5.32. The van der Waals surface area contributed by atoms with Gasteiger partial charge >= 0.3 is 40.9 Å². The zero-order valence-electron chi connectivity index (χ0n) is 8.62. The Morgan fingerprint density at radius 2 is 1.87 bits per heavy atom. The van der Waals surface area contributed by atoms with E-state index in [1.165, 1.54) is 11.8 Å². The average Bonchev–Trinajstić information content (AvgIpc) is 1.99. The Balaban J connectivity index is 0.00000196. The molecule has 7 heteroatoms. The van der Waals surface area contributed by atoms with Crippen molar-refractivity contribution < 1.29 is 0 Å². The molecule has 0 saturated carbocycles. The van der Waals surface area contributed by atoms with Gasteiger partial charge in [-0.2, -0.15) is 4.98 Å². The quantitative estimate of drug-likeness (QED) is 0.542. The molecule has 0 fully saturated rings. The summed E-state index contributed by atoms with van der Waals surface area (Å²) in [5.41, 5.74) is -1.47. The van der Waals surface area contributed by atoms with Gasteiger partial charge in [0.2, 0.25) is 0 Å². The molecule has 0 aliphatic carbocycles. The molecule has 1 aromatic rings. The Labute approximate surface area is 114 Å². The Morgan fingerprint density at radius 1 is 1.33 bits per heavy atom.